The molecule has 1 unspecified atom stereocenters. The van der Waals surface area contributed by atoms with E-state index in [2.05, 4.69) is 18.0 Å². The summed E-state index contributed by atoms with van der Waals surface area (Å²) in [6, 6.07) is 8.20. The van der Waals surface area contributed by atoms with Crippen LogP contribution in [-0.4, -0.2) is 53.5 Å². The number of rotatable bonds is 6. The van der Waals surface area contributed by atoms with Crippen molar-refractivity contribution in [1.82, 2.24) is 0 Å². The number of carbonyl (C=O) groups excluding carboxylic acids is 2. The number of hydrogen-bond donors (Lipinski definition) is 2. The van der Waals surface area contributed by atoms with Crippen molar-refractivity contribution in [3.05, 3.63) is 40.8 Å². The molecule has 0 saturated carbocycles. The SMILES string of the molecule is CCOC(=O)C(N)(C(=O)c1ccccc1)C1(N=O)CC[N+](C)(S)CC1.[Cl-]. The lowest BCUT2D eigenvalue weighted by atomic mass is 9.68. The van der Waals surface area contributed by atoms with Gasteiger partial charge in [0.2, 0.25) is 5.54 Å². The number of carbonyl (C=O) groups is 2. The van der Waals surface area contributed by atoms with Gasteiger partial charge in [0.25, 0.3) is 0 Å². The van der Waals surface area contributed by atoms with Crippen LogP contribution in [0.15, 0.2) is 35.5 Å². The summed E-state index contributed by atoms with van der Waals surface area (Å²) in [6.45, 7) is 2.58. The molecule has 144 valence electrons. The number of esters is 1. The van der Waals surface area contributed by atoms with E-state index in [1.54, 1.807) is 37.3 Å². The summed E-state index contributed by atoms with van der Waals surface area (Å²) < 4.78 is 5.44. The summed E-state index contributed by atoms with van der Waals surface area (Å²) in [4.78, 5) is 37.7. The van der Waals surface area contributed by atoms with Crippen molar-refractivity contribution in [2.24, 2.45) is 10.9 Å². The van der Waals surface area contributed by atoms with Gasteiger partial charge in [-0.25, -0.2) is 4.79 Å². The van der Waals surface area contributed by atoms with Crippen LogP contribution in [0.4, 0.5) is 0 Å². The molecule has 0 amide bonds. The molecule has 1 aliphatic rings. The third kappa shape index (κ3) is 3.93. The van der Waals surface area contributed by atoms with Gasteiger partial charge in [-0.15, -0.1) is 0 Å². The second kappa shape index (κ2) is 8.47. The first-order valence-corrected chi connectivity index (χ1v) is 8.60. The number of hydrogen-bond acceptors (Lipinski definition) is 7. The van der Waals surface area contributed by atoms with Crippen LogP contribution >= 0.6 is 12.8 Å². The van der Waals surface area contributed by atoms with E-state index in [0.717, 1.165) is 0 Å². The first-order valence-electron chi connectivity index (χ1n) is 8.20. The van der Waals surface area contributed by atoms with Crippen LogP contribution in [0.25, 0.3) is 0 Å². The highest BCUT2D eigenvalue weighted by Gasteiger charge is 2.64. The molecule has 0 bridgehead atoms. The van der Waals surface area contributed by atoms with Crippen molar-refractivity contribution in [3.63, 3.8) is 0 Å². The predicted octanol–water partition coefficient (Wildman–Crippen LogP) is -1.28. The molecule has 0 radical (unpaired) electrons. The molecule has 1 aliphatic heterocycles. The number of Topliss-reactive ketones (excluding diaryl/α,β-unsaturated/α-hetero) is 1. The average Bonchev–Trinajstić information content (AvgIpc) is 2.62. The molecule has 2 rings (SSSR count). The second-order valence-electron chi connectivity index (χ2n) is 6.63. The molecule has 0 aliphatic carbocycles. The zero-order valence-corrected chi connectivity index (χ0v) is 16.5. The fraction of sp³-hybridized carbons (Fsp3) is 0.529. The Labute approximate surface area is 164 Å². The van der Waals surface area contributed by atoms with Crippen molar-refractivity contribution in [1.29, 1.82) is 0 Å². The summed E-state index contributed by atoms with van der Waals surface area (Å²) in [6.07, 6.45) is 0.342. The standard InChI is InChI=1S/C17H24N3O4S.ClH/c1-3-24-15(22)17(18,14(21)13-7-5-4-6-8-13)16(19-23)9-11-20(2,25)12-10-16;/h4-8,25H,3,9-12,18H2,1-2H3;1H/q+1;/p-1. The molecule has 0 aromatic heterocycles. The zero-order valence-electron chi connectivity index (χ0n) is 14.9. The Morgan fingerprint density at radius 2 is 1.85 bits per heavy atom. The highest BCUT2D eigenvalue weighted by molar-refractivity contribution is 7.74. The Balaban J connectivity index is 0.00000338. The molecule has 9 heteroatoms. The maximum absolute atomic E-state index is 13.2. The number of ether oxygens (including phenoxy) is 1. The van der Waals surface area contributed by atoms with Crippen LogP contribution in [-0.2, 0) is 9.53 Å². The summed E-state index contributed by atoms with van der Waals surface area (Å²) in [5, 5.41) is 3.23. The summed E-state index contributed by atoms with van der Waals surface area (Å²) >= 11 is 4.50. The molecule has 2 N–H and O–H groups in total. The van der Waals surface area contributed by atoms with Crippen LogP contribution in [0.3, 0.4) is 0 Å². The maximum Gasteiger partial charge on any atom is 0.337 e. The van der Waals surface area contributed by atoms with Gasteiger partial charge >= 0.3 is 5.97 Å². The van der Waals surface area contributed by atoms with Crippen molar-refractivity contribution in [2.75, 3.05) is 26.7 Å². The molecule has 7 nitrogen and oxygen atoms in total. The Morgan fingerprint density at radius 3 is 2.31 bits per heavy atom. The summed E-state index contributed by atoms with van der Waals surface area (Å²) in [5.41, 5.74) is 2.88. The van der Waals surface area contributed by atoms with Gasteiger partial charge in [0.05, 0.1) is 39.6 Å². The maximum atomic E-state index is 13.2. The lowest BCUT2D eigenvalue weighted by Gasteiger charge is -2.45. The van der Waals surface area contributed by atoms with Gasteiger partial charge in [0.15, 0.2) is 5.78 Å². The fourth-order valence-corrected chi connectivity index (χ4v) is 3.40. The highest BCUT2D eigenvalue weighted by atomic mass is 35.5. The van der Waals surface area contributed by atoms with E-state index in [1.165, 1.54) is 0 Å². The minimum atomic E-state index is -2.17. The number of nitroso groups, excluding NO2 is 1. The molecule has 1 aromatic carbocycles. The minimum Gasteiger partial charge on any atom is -1.00 e. The van der Waals surface area contributed by atoms with E-state index < -0.39 is 22.8 Å². The lowest BCUT2D eigenvalue weighted by molar-refractivity contribution is -0.778. The van der Waals surface area contributed by atoms with Gasteiger partial charge in [-0.1, -0.05) is 35.5 Å². The predicted molar refractivity (Wildman–Crippen MR) is 97.0 cm³/mol. The normalized spacial score (nSPS) is 27.5. The zero-order chi connectivity index (χ0) is 18.7. The van der Waals surface area contributed by atoms with Crippen LogP contribution in [0.1, 0.15) is 30.1 Å². The molecular weight excluding hydrogens is 378 g/mol. The minimum absolute atomic E-state index is 0. The fourth-order valence-electron chi connectivity index (χ4n) is 3.20. The van der Waals surface area contributed by atoms with E-state index in [9.17, 15) is 14.5 Å². The largest absolute Gasteiger partial charge is 1.00 e. The molecule has 1 fully saturated rings. The number of likely N-dealkylation sites (tertiary alicyclic amines) is 1. The molecule has 1 saturated heterocycles. The average molecular weight is 402 g/mol. The van der Waals surface area contributed by atoms with E-state index in [4.69, 9.17) is 10.5 Å². The molecule has 0 spiro atoms. The first-order chi connectivity index (χ1) is 11.7. The quantitative estimate of drug-likeness (QED) is 0.154. The van der Waals surface area contributed by atoms with Gasteiger partial charge < -0.3 is 22.9 Å². The van der Waals surface area contributed by atoms with Gasteiger partial charge in [-0.2, -0.15) is 4.91 Å². The Bertz CT molecular complexity index is 661. The van der Waals surface area contributed by atoms with Crippen LogP contribution in [0.2, 0.25) is 0 Å². The number of halogens is 1. The van der Waals surface area contributed by atoms with Crippen molar-refractivity contribution in [2.45, 2.75) is 30.8 Å². The Hall–Kier alpha value is -1.48. The second-order valence-corrected chi connectivity index (χ2v) is 7.60. The number of piperidine rings is 1. The molecular formula is C17H24ClN3O4S. The summed E-state index contributed by atoms with van der Waals surface area (Å²) in [5.74, 6) is -1.57. The first kappa shape index (κ1) is 22.6. The van der Waals surface area contributed by atoms with Gasteiger partial charge in [0.1, 0.15) is 5.54 Å². The Morgan fingerprint density at radius 1 is 1.31 bits per heavy atom. The smallest absolute Gasteiger partial charge is 0.337 e. The summed E-state index contributed by atoms with van der Waals surface area (Å²) in [7, 11) is 1.89. The van der Waals surface area contributed by atoms with E-state index in [0.29, 0.717) is 17.0 Å². The van der Waals surface area contributed by atoms with Crippen LogP contribution in [0.5, 0.6) is 0 Å². The van der Waals surface area contributed by atoms with E-state index in [-0.39, 0.29) is 37.4 Å². The molecule has 1 atom stereocenters. The molecule has 1 aromatic rings. The van der Waals surface area contributed by atoms with E-state index >= 15 is 0 Å². The number of thiol groups is 1. The van der Waals surface area contributed by atoms with Crippen LogP contribution < -0.4 is 18.1 Å². The lowest BCUT2D eigenvalue weighted by Crippen LogP contribution is -3.00. The van der Waals surface area contributed by atoms with Gasteiger partial charge in [0, 0.05) is 18.4 Å². The number of ketones is 1. The van der Waals surface area contributed by atoms with Gasteiger partial charge in [-0.05, 0) is 6.92 Å². The Kier molecular flexibility index (Phi) is 7.35. The van der Waals surface area contributed by atoms with Gasteiger partial charge in [-0.3, -0.25) is 8.68 Å². The van der Waals surface area contributed by atoms with Crippen LogP contribution in [0, 0.1) is 4.91 Å². The number of nitrogens with zero attached hydrogens (tertiary/aromatic N) is 2. The monoisotopic (exact) mass is 401 g/mol. The van der Waals surface area contributed by atoms with Crippen molar-refractivity contribution >= 4 is 24.6 Å². The van der Waals surface area contributed by atoms with E-state index in [1.807, 2.05) is 7.05 Å². The number of nitrogens with two attached hydrogens (primary N) is 1. The number of quaternary nitrogens is 1. The molecule has 1 heterocycles. The number of benzene rings is 1. The third-order valence-electron chi connectivity index (χ3n) is 4.91. The van der Waals surface area contributed by atoms with Crippen molar-refractivity contribution in [3.8, 4) is 0 Å². The third-order valence-corrected chi connectivity index (χ3v) is 5.31. The molecule has 26 heavy (non-hydrogen) atoms. The van der Waals surface area contributed by atoms with Crippen molar-refractivity contribution < 1.29 is 30.6 Å². The topological polar surface area (TPSA) is 98.8 Å². The highest BCUT2D eigenvalue weighted by Crippen LogP contribution is 2.40.